The molecule has 3 rings (SSSR count). The maximum absolute atomic E-state index is 12.5. The lowest BCUT2D eigenvalue weighted by molar-refractivity contribution is 0.102. The summed E-state index contributed by atoms with van der Waals surface area (Å²) in [7, 11) is 3.08. The van der Waals surface area contributed by atoms with E-state index >= 15 is 0 Å². The van der Waals surface area contributed by atoms with Crippen LogP contribution in [-0.4, -0.2) is 25.1 Å². The van der Waals surface area contributed by atoms with Crippen molar-refractivity contribution in [3.8, 4) is 11.5 Å². The molecule has 0 atom stereocenters. The molecule has 1 heterocycles. The largest absolute Gasteiger partial charge is 0.496 e. The van der Waals surface area contributed by atoms with Gasteiger partial charge in [-0.2, -0.15) is 0 Å². The lowest BCUT2D eigenvalue weighted by atomic mass is 10.2. The maximum atomic E-state index is 12.5. The van der Waals surface area contributed by atoms with E-state index in [-0.39, 0.29) is 5.91 Å². The van der Waals surface area contributed by atoms with E-state index in [0.29, 0.717) is 33.4 Å². The Balaban J connectivity index is 1.96. The Morgan fingerprint density at radius 2 is 1.92 bits per heavy atom. The highest BCUT2D eigenvalue weighted by atomic mass is 32.1. The summed E-state index contributed by atoms with van der Waals surface area (Å²) in [6.45, 7) is 0. The van der Waals surface area contributed by atoms with Gasteiger partial charge >= 0.3 is 0 Å². The molecule has 1 amide bonds. The molecule has 124 valence electrons. The zero-order valence-corrected chi connectivity index (χ0v) is 13.9. The topological polar surface area (TPSA) is 98.5 Å². The summed E-state index contributed by atoms with van der Waals surface area (Å²) in [5.74, 6) is 6.20. The number of anilines is 2. The quantitative estimate of drug-likeness (QED) is 0.486. The molecule has 0 fully saturated rings. The third-order valence-electron chi connectivity index (χ3n) is 3.41. The van der Waals surface area contributed by atoms with Crippen LogP contribution < -0.4 is 26.1 Å². The summed E-state index contributed by atoms with van der Waals surface area (Å²) >= 11 is 1.37. The number of ether oxygens (including phenoxy) is 2. The fourth-order valence-corrected chi connectivity index (χ4v) is 3.15. The first kappa shape index (κ1) is 16.0. The van der Waals surface area contributed by atoms with Gasteiger partial charge in [-0.25, -0.2) is 10.8 Å². The van der Waals surface area contributed by atoms with Gasteiger partial charge in [-0.15, -0.1) is 0 Å². The van der Waals surface area contributed by atoms with Gasteiger partial charge in [0, 0.05) is 11.8 Å². The molecule has 0 aliphatic carbocycles. The van der Waals surface area contributed by atoms with Gasteiger partial charge in [0.2, 0.25) is 0 Å². The number of aromatic nitrogens is 1. The molecule has 0 unspecified atom stereocenters. The first-order valence-electron chi connectivity index (χ1n) is 7.06. The van der Waals surface area contributed by atoms with Gasteiger partial charge in [0.15, 0.2) is 5.13 Å². The molecular formula is C16H16N4O3S. The summed E-state index contributed by atoms with van der Waals surface area (Å²) < 4.78 is 11.4. The predicted molar refractivity (Wildman–Crippen MR) is 94.9 cm³/mol. The molecule has 0 bridgehead atoms. The Morgan fingerprint density at radius 1 is 1.17 bits per heavy atom. The zero-order chi connectivity index (χ0) is 17.1. The number of nitrogens with one attached hydrogen (secondary N) is 2. The van der Waals surface area contributed by atoms with Crippen molar-refractivity contribution in [1.29, 1.82) is 0 Å². The average molecular weight is 344 g/mol. The number of amides is 1. The van der Waals surface area contributed by atoms with E-state index in [0.717, 1.165) is 4.70 Å². The predicted octanol–water partition coefficient (Wildman–Crippen LogP) is 2.85. The number of hydrogen-bond acceptors (Lipinski definition) is 7. The summed E-state index contributed by atoms with van der Waals surface area (Å²) in [6.07, 6.45) is 0. The minimum atomic E-state index is -0.268. The van der Waals surface area contributed by atoms with Crippen LogP contribution in [0.3, 0.4) is 0 Å². The Labute approximate surface area is 142 Å². The van der Waals surface area contributed by atoms with Gasteiger partial charge in [-0.1, -0.05) is 23.5 Å². The number of para-hydroxylation sites is 1. The van der Waals surface area contributed by atoms with Crippen LogP contribution >= 0.6 is 11.3 Å². The molecule has 0 aliphatic heterocycles. The number of methoxy groups -OCH3 is 2. The zero-order valence-electron chi connectivity index (χ0n) is 13.1. The number of hydrazine groups is 1. The lowest BCUT2D eigenvalue weighted by Crippen LogP contribution is -2.13. The number of carbonyl (C=O) groups excluding carboxylic acids is 1. The Hall–Kier alpha value is -2.84. The highest BCUT2D eigenvalue weighted by Crippen LogP contribution is 2.35. The summed E-state index contributed by atoms with van der Waals surface area (Å²) in [5, 5.41) is 3.42. The minimum absolute atomic E-state index is 0.268. The van der Waals surface area contributed by atoms with E-state index in [9.17, 15) is 4.79 Å². The second kappa shape index (κ2) is 6.73. The van der Waals surface area contributed by atoms with E-state index in [1.165, 1.54) is 18.4 Å². The Kier molecular flexibility index (Phi) is 4.50. The molecule has 0 saturated heterocycles. The van der Waals surface area contributed by atoms with E-state index < -0.39 is 0 Å². The molecule has 24 heavy (non-hydrogen) atoms. The van der Waals surface area contributed by atoms with Crippen LogP contribution in [0, 0.1) is 0 Å². The lowest BCUT2D eigenvalue weighted by Gasteiger charge is -2.10. The van der Waals surface area contributed by atoms with Crippen LogP contribution in [0.5, 0.6) is 11.5 Å². The molecule has 0 spiro atoms. The van der Waals surface area contributed by atoms with Crippen molar-refractivity contribution in [1.82, 2.24) is 4.98 Å². The summed E-state index contributed by atoms with van der Waals surface area (Å²) in [4.78, 5) is 16.8. The molecule has 0 saturated carbocycles. The second-order valence-corrected chi connectivity index (χ2v) is 5.87. The van der Waals surface area contributed by atoms with Crippen molar-refractivity contribution >= 4 is 38.3 Å². The van der Waals surface area contributed by atoms with Crippen molar-refractivity contribution in [2.24, 2.45) is 5.84 Å². The highest BCUT2D eigenvalue weighted by molar-refractivity contribution is 7.22. The number of carbonyl (C=O) groups is 1. The van der Waals surface area contributed by atoms with Crippen LogP contribution in [0.4, 0.5) is 10.8 Å². The van der Waals surface area contributed by atoms with Crippen molar-refractivity contribution < 1.29 is 14.3 Å². The molecule has 3 aromatic rings. The molecule has 1 aromatic heterocycles. The second-order valence-electron chi connectivity index (χ2n) is 4.84. The normalized spacial score (nSPS) is 10.5. The highest BCUT2D eigenvalue weighted by Gasteiger charge is 2.15. The molecule has 0 radical (unpaired) electrons. The van der Waals surface area contributed by atoms with E-state index in [1.807, 2.05) is 12.1 Å². The number of benzene rings is 2. The number of thiazole rings is 1. The average Bonchev–Trinajstić information content (AvgIpc) is 3.04. The van der Waals surface area contributed by atoms with Crippen LogP contribution in [-0.2, 0) is 0 Å². The number of rotatable bonds is 5. The fourth-order valence-electron chi connectivity index (χ4n) is 2.32. The first-order chi connectivity index (χ1) is 11.7. The smallest absolute Gasteiger partial charge is 0.259 e. The molecule has 4 N–H and O–H groups in total. The minimum Gasteiger partial charge on any atom is -0.496 e. The molecule has 7 nitrogen and oxygen atoms in total. The fraction of sp³-hybridized carbons (Fsp3) is 0.125. The number of hydrogen-bond donors (Lipinski definition) is 3. The van der Waals surface area contributed by atoms with E-state index in [1.54, 1.807) is 31.4 Å². The summed E-state index contributed by atoms with van der Waals surface area (Å²) in [6, 6.07) is 10.6. The monoisotopic (exact) mass is 344 g/mol. The molecule has 8 heteroatoms. The number of nitrogens with two attached hydrogens (primary N) is 1. The van der Waals surface area contributed by atoms with E-state index in [4.69, 9.17) is 15.3 Å². The van der Waals surface area contributed by atoms with E-state index in [2.05, 4.69) is 15.7 Å². The van der Waals surface area contributed by atoms with Crippen LogP contribution in [0.25, 0.3) is 10.2 Å². The van der Waals surface area contributed by atoms with Gasteiger partial charge in [0.25, 0.3) is 5.91 Å². The van der Waals surface area contributed by atoms with Crippen molar-refractivity contribution in [2.45, 2.75) is 0 Å². The Bertz CT molecular complexity index is 894. The van der Waals surface area contributed by atoms with Gasteiger partial charge in [-0.3, -0.25) is 10.2 Å². The van der Waals surface area contributed by atoms with Gasteiger partial charge < -0.3 is 14.8 Å². The molecule has 0 aliphatic rings. The molecular weight excluding hydrogens is 328 g/mol. The summed E-state index contributed by atoms with van der Waals surface area (Å²) in [5.41, 5.74) is 4.25. The molecule has 2 aromatic carbocycles. The van der Waals surface area contributed by atoms with Crippen molar-refractivity contribution in [3.05, 3.63) is 42.0 Å². The third-order valence-corrected chi connectivity index (χ3v) is 4.35. The standard InChI is InChI=1S/C16H16N4O3S/c1-22-11-6-4-3-5-10(11)15(21)18-9-7-12(23-2)14-13(8-9)24-16(19-14)20-17/h3-8H,17H2,1-2H3,(H,18,21)(H,19,20). The van der Waals surface area contributed by atoms with Crippen LogP contribution in [0.2, 0.25) is 0 Å². The van der Waals surface area contributed by atoms with Gasteiger partial charge in [-0.05, 0) is 18.2 Å². The Morgan fingerprint density at radius 3 is 2.62 bits per heavy atom. The third kappa shape index (κ3) is 2.97. The SMILES string of the molecule is COc1ccccc1C(=O)Nc1cc(OC)c2nc(NN)sc2c1. The first-order valence-corrected chi connectivity index (χ1v) is 7.87. The van der Waals surface area contributed by atoms with Crippen molar-refractivity contribution in [2.75, 3.05) is 25.0 Å². The van der Waals surface area contributed by atoms with Gasteiger partial charge in [0.1, 0.15) is 17.0 Å². The number of fused-ring (bicyclic) bond motifs is 1. The van der Waals surface area contributed by atoms with Gasteiger partial charge in [0.05, 0.1) is 24.5 Å². The van der Waals surface area contributed by atoms with Crippen molar-refractivity contribution in [3.63, 3.8) is 0 Å². The maximum Gasteiger partial charge on any atom is 0.259 e. The van der Waals surface area contributed by atoms with Crippen LogP contribution in [0.15, 0.2) is 36.4 Å². The number of nitrogens with zero attached hydrogens (tertiary/aromatic N) is 1. The van der Waals surface area contributed by atoms with Crippen LogP contribution in [0.1, 0.15) is 10.4 Å². The number of nitrogen functional groups attached to an aromatic ring is 1.